The molecule has 0 aliphatic rings. The molecule has 0 aliphatic carbocycles. The summed E-state index contributed by atoms with van der Waals surface area (Å²) in [5.74, 6) is -1.60. The molecule has 152 valence electrons. The van der Waals surface area contributed by atoms with Crippen LogP contribution in [-0.2, 0) is 20.3 Å². The highest BCUT2D eigenvalue weighted by molar-refractivity contribution is 7.90. The van der Waals surface area contributed by atoms with Gasteiger partial charge in [0.15, 0.2) is 9.84 Å². The number of benzene rings is 2. The van der Waals surface area contributed by atoms with Gasteiger partial charge in [0.05, 0.1) is 24.0 Å². The van der Waals surface area contributed by atoms with Crippen LogP contribution < -0.4 is 0 Å². The lowest BCUT2D eigenvalue weighted by molar-refractivity contribution is 0.0596. The van der Waals surface area contributed by atoms with Gasteiger partial charge in [-0.3, -0.25) is 0 Å². The second-order valence-electron chi connectivity index (χ2n) is 6.43. The summed E-state index contributed by atoms with van der Waals surface area (Å²) in [5, 5.41) is 20.7. The van der Waals surface area contributed by atoms with Gasteiger partial charge in [0.2, 0.25) is 0 Å². The van der Waals surface area contributed by atoms with E-state index < -0.39 is 33.4 Å². The van der Waals surface area contributed by atoms with Crippen LogP contribution in [0.4, 0.5) is 0 Å². The third-order valence-electron chi connectivity index (χ3n) is 4.47. The van der Waals surface area contributed by atoms with Crippen LogP contribution in [-0.4, -0.2) is 31.7 Å². The zero-order valence-corrected chi connectivity index (χ0v) is 16.6. The van der Waals surface area contributed by atoms with Crippen molar-refractivity contribution in [2.45, 2.75) is 23.7 Å². The first-order valence-corrected chi connectivity index (χ1v) is 10.4. The van der Waals surface area contributed by atoms with Crippen molar-refractivity contribution in [2.75, 3.05) is 7.11 Å². The maximum Gasteiger partial charge on any atom is 0.341 e. The van der Waals surface area contributed by atoms with Gasteiger partial charge in [0, 0.05) is 11.1 Å². The minimum Gasteiger partial charge on any atom is -0.506 e. The molecule has 0 aliphatic heterocycles. The summed E-state index contributed by atoms with van der Waals surface area (Å²) in [7, 11) is -2.62. The van der Waals surface area contributed by atoms with Gasteiger partial charge < -0.3 is 19.4 Å². The van der Waals surface area contributed by atoms with E-state index in [4.69, 9.17) is 9.15 Å². The monoisotopic (exact) mass is 416 g/mol. The van der Waals surface area contributed by atoms with Crippen molar-refractivity contribution in [3.05, 3.63) is 71.7 Å². The van der Waals surface area contributed by atoms with E-state index in [0.717, 1.165) is 7.11 Å². The number of rotatable bonds is 6. The third-order valence-corrected chi connectivity index (χ3v) is 6.15. The number of hydrogen-bond donors (Lipinski definition) is 2. The van der Waals surface area contributed by atoms with Gasteiger partial charge in [-0.1, -0.05) is 30.3 Å². The van der Waals surface area contributed by atoms with E-state index in [0.29, 0.717) is 5.56 Å². The summed E-state index contributed by atoms with van der Waals surface area (Å²) in [6.07, 6.45) is 0.404. The molecule has 3 aromatic rings. The quantitative estimate of drug-likeness (QED) is 0.592. The first-order valence-electron chi connectivity index (χ1n) is 8.73. The number of sulfone groups is 1. The fourth-order valence-electron chi connectivity index (χ4n) is 3.08. The summed E-state index contributed by atoms with van der Waals surface area (Å²) >= 11 is 0. The number of phenols is 1. The van der Waals surface area contributed by atoms with E-state index in [1.165, 1.54) is 37.5 Å². The van der Waals surface area contributed by atoms with Crippen molar-refractivity contribution < 1.29 is 32.6 Å². The second kappa shape index (κ2) is 8.10. The fourth-order valence-corrected chi connectivity index (χ4v) is 4.47. The lowest BCUT2D eigenvalue weighted by Gasteiger charge is -2.14. The molecule has 0 bridgehead atoms. The summed E-state index contributed by atoms with van der Waals surface area (Å²) in [6.45, 7) is 1.50. The maximum absolute atomic E-state index is 12.8. The molecule has 2 N–H and O–H groups in total. The molecule has 0 spiro atoms. The largest absolute Gasteiger partial charge is 0.506 e. The highest BCUT2D eigenvalue weighted by atomic mass is 32.2. The number of carbonyl (C=O) groups is 1. The smallest absolute Gasteiger partial charge is 0.341 e. The van der Waals surface area contributed by atoms with Gasteiger partial charge in [-0.05, 0) is 30.7 Å². The standard InChI is InChI=1S/C21H20O7S/c1-13(22)20-17(10-11-28-20)16-9-8-14(18(19(16)23)21(24)27-2)12-29(25,26)15-6-4-3-5-7-15/h3-11,13,22-23H,12H2,1-2H3. The first-order chi connectivity index (χ1) is 13.8. The van der Waals surface area contributed by atoms with Crippen LogP contribution in [0.1, 0.15) is 34.7 Å². The Bertz CT molecular complexity index is 1130. The highest BCUT2D eigenvalue weighted by Crippen LogP contribution is 2.39. The Morgan fingerprint density at radius 2 is 1.79 bits per heavy atom. The predicted molar refractivity (Wildman–Crippen MR) is 105 cm³/mol. The number of aliphatic hydroxyl groups is 1. The van der Waals surface area contributed by atoms with Crippen molar-refractivity contribution in [1.82, 2.24) is 0 Å². The van der Waals surface area contributed by atoms with E-state index in [9.17, 15) is 23.4 Å². The van der Waals surface area contributed by atoms with E-state index >= 15 is 0 Å². The zero-order chi connectivity index (χ0) is 21.2. The maximum atomic E-state index is 12.8. The number of aromatic hydroxyl groups is 1. The van der Waals surface area contributed by atoms with Crippen LogP contribution in [0.3, 0.4) is 0 Å². The van der Waals surface area contributed by atoms with E-state index in [-0.39, 0.29) is 27.3 Å². The lowest BCUT2D eigenvalue weighted by Crippen LogP contribution is -2.12. The molecular formula is C21H20O7S. The van der Waals surface area contributed by atoms with Crippen molar-refractivity contribution >= 4 is 15.8 Å². The van der Waals surface area contributed by atoms with Crippen molar-refractivity contribution in [3.63, 3.8) is 0 Å². The molecule has 3 rings (SSSR count). The zero-order valence-electron chi connectivity index (χ0n) is 15.8. The average Bonchev–Trinajstić information content (AvgIpc) is 3.18. The molecule has 1 atom stereocenters. The molecule has 0 saturated heterocycles. The molecular weight excluding hydrogens is 396 g/mol. The van der Waals surface area contributed by atoms with Gasteiger partial charge >= 0.3 is 5.97 Å². The van der Waals surface area contributed by atoms with E-state index in [2.05, 4.69) is 0 Å². The number of furan rings is 1. The molecule has 1 unspecified atom stereocenters. The Balaban J connectivity index is 2.13. The molecule has 0 fully saturated rings. The van der Waals surface area contributed by atoms with Crippen LogP contribution in [0.15, 0.2) is 64.1 Å². The van der Waals surface area contributed by atoms with Crippen molar-refractivity contribution in [3.8, 4) is 16.9 Å². The molecule has 0 saturated carbocycles. The Labute approximate surface area is 168 Å². The number of esters is 1. The van der Waals surface area contributed by atoms with Gasteiger partial charge in [-0.15, -0.1) is 0 Å². The van der Waals surface area contributed by atoms with Crippen LogP contribution in [0.25, 0.3) is 11.1 Å². The number of hydrogen-bond acceptors (Lipinski definition) is 7. The normalized spacial score (nSPS) is 12.5. The van der Waals surface area contributed by atoms with E-state index in [1.807, 2.05) is 0 Å². The molecule has 8 heteroatoms. The summed E-state index contributed by atoms with van der Waals surface area (Å²) in [6, 6.07) is 12.3. The minimum absolute atomic E-state index is 0.101. The first kappa shape index (κ1) is 20.6. The van der Waals surface area contributed by atoms with Gasteiger partial charge in [0.1, 0.15) is 23.2 Å². The topological polar surface area (TPSA) is 114 Å². The molecule has 2 aromatic carbocycles. The SMILES string of the molecule is COC(=O)c1c(CS(=O)(=O)c2ccccc2)ccc(-c2ccoc2C(C)O)c1O. The number of methoxy groups -OCH3 is 1. The second-order valence-corrected chi connectivity index (χ2v) is 8.42. The molecule has 29 heavy (non-hydrogen) atoms. The Morgan fingerprint density at radius 3 is 2.41 bits per heavy atom. The van der Waals surface area contributed by atoms with Gasteiger partial charge in [-0.25, -0.2) is 13.2 Å². The molecule has 1 aromatic heterocycles. The molecule has 0 radical (unpaired) electrons. The Morgan fingerprint density at radius 1 is 1.10 bits per heavy atom. The molecule has 0 amide bonds. The lowest BCUT2D eigenvalue weighted by atomic mass is 9.97. The summed E-state index contributed by atoms with van der Waals surface area (Å²) < 4.78 is 35.5. The third kappa shape index (κ3) is 4.03. The molecule has 1 heterocycles. The van der Waals surface area contributed by atoms with Crippen LogP contribution in [0.2, 0.25) is 0 Å². The number of aliphatic hydroxyl groups excluding tert-OH is 1. The number of carbonyl (C=O) groups excluding carboxylic acids is 1. The number of phenolic OH excluding ortho intramolecular Hbond substituents is 1. The predicted octanol–water partition coefficient (Wildman–Crippen LogP) is 3.47. The Kier molecular flexibility index (Phi) is 5.76. The highest BCUT2D eigenvalue weighted by Gasteiger charge is 2.27. The van der Waals surface area contributed by atoms with Crippen LogP contribution in [0, 0.1) is 0 Å². The van der Waals surface area contributed by atoms with Gasteiger partial charge in [-0.2, -0.15) is 0 Å². The summed E-state index contributed by atoms with van der Waals surface area (Å²) in [5.41, 5.74) is 0.460. The van der Waals surface area contributed by atoms with Gasteiger partial charge in [0.25, 0.3) is 0 Å². The van der Waals surface area contributed by atoms with E-state index in [1.54, 1.807) is 24.3 Å². The molecule has 7 nitrogen and oxygen atoms in total. The van der Waals surface area contributed by atoms with Crippen molar-refractivity contribution in [1.29, 1.82) is 0 Å². The van der Waals surface area contributed by atoms with Crippen LogP contribution >= 0.6 is 0 Å². The fraction of sp³-hybridized carbons (Fsp3) is 0.190. The summed E-state index contributed by atoms with van der Waals surface area (Å²) in [4.78, 5) is 12.5. The van der Waals surface area contributed by atoms with Crippen molar-refractivity contribution in [2.24, 2.45) is 0 Å². The average molecular weight is 416 g/mol. The van der Waals surface area contributed by atoms with Crippen LogP contribution in [0.5, 0.6) is 5.75 Å². The number of ether oxygens (including phenoxy) is 1. The Hall–Kier alpha value is -3.10. The minimum atomic E-state index is -3.76.